The van der Waals surface area contributed by atoms with Crippen LogP contribution < -0.4 is 0 Å². The highest BCUT2D eigenvalue weighted by atomic mass is 127. The van der Waals surface area contributed by atoms with Crippen molar-refractivity contribution in [2.24, 2.45) is 5.92 Å². The Labute approximate surface area is 64.6 Å². The second-order valence-electron chi connectivity index (χ2n) is 2.11. The fourth-order valence-corrected chi connectivity index (χ4v) is 1.09. The molecule has 1 N–H and O–H groups in total. The van der Waals surface area contributed by atoms with Crippen molar-refractivity contribution in [2.75, 3.05) is 4.43 Å². The molecule has 0 spiro atoms. The van der Waals surface area contributed by atoms with Gasteiger partial charge in [-0.2, -0.15) is 0 Å². The van der Waals surface area contributed by atoms with Crippen molar-refractivity contribution in [1.82, 2.24) is 0 Å². The van der Waals surface area contributed by atoms with Crippen LogP contribution in [0.4, 0.5) is 0 Å². The van der Waals surface area contributed by atoms with Gasteiger partial charge in [0.1, 0.15) is 0 Å². The van der Waals surface area contributed by atoms with E-state index in [4.69, 9.17) is 5.11 Å². The van der Waals surface area contributed by atoms with Crippen molar-refractivity contribution in [2.45, 2.75) is 26.4 Å². The standard InChI is InChI=1S/C6H13IO/c1-3-6(8)5(2)4-7/h5-6,8H,3-4H2,1-2H3/t5-,6-/m0/s1. The molecule has 50 valence electrons. The van der Waals surface area contributed by atoms with E-state index in [-0.39, 0.29) is 6.10 Å². The van der Waals surface area contributed by atoms with E-state index in [9.17, 15) is 0 Å². The molecule has 0 fully saturated rings. The van der Waals surface area contributed by atoms with Crippen molar-refractivity contribution < 1.29 is 5.11 Å². The molecule has 0 radical (unpaired) electrons. The van der Waals surface area contributed by atoms with Crippen molar-refractivity contribution in [3.8, 4) is 0 Å². The van der Waals surface area contributed by atoms with Gasteiger partial charge in [-0.1, -0.05) is 36.4 Å². The summed E-state index contributed by atoms with van der Waals surface area (Å²) in [5.74, 6) is 0.459. The molecule has 2 heteroatoms. The predicted octanol–water partition coefficient (Wildman–Crippen LogP) is 1.83. The molecule has 0 unspecified atom stereocenters. The number of aliphatic hydroxyl groups excluding tert-OH is 1. The minimum atomic E-state index is -0.0908. The third kappa shape index (κ3) is 2.87. The molecule has 0 aromatic heterocycles. The summed E-state index contributed by atoms with van der Waals surface area (Å²) in [6.45, 7) is 4.08. The van der Waals surface area contributed by atoms with Gasteiger partial charge in [-0.05, 0) is 12.3 Å². The molecule has 0 saturated carbocycles. The zero-order valence-electron chi connectivity index (χ0n) is 5.39. The van der Waals surface area contributed by atoms with Crippen LogP contribution in [0.25, 0.3) is 0 Å². The lowest BCUT2D eigenvalue weighted by molar-refractivity contribution is 0.125. The van der Waals surface area contributed by atoms with Crippen LogP contribution in [0.3, 0.4) is 0 Å². The van der Waals surface area contributed by atoms with E-state index < -0.39 is 0 Å². The van der Waals surface area contributed by atoms with E-state index in [0.29, 0.717) is 5.92 Å². The maximum atomic E-state index is 9.12. The lowest BCUT2D eigenvalue weighted by Gasteiger charge is -2.12. The van der Waals surface area contributed by atoms with Crippen LogP contribution in [0.2, 0.25) is 0 Å². The Morgan fingerprint density at radius 1 is 1.62 bits per heavy atom. The van der Waals surface area contributed by atoms with Gasteiger partial charge < -0.3 is 5.11 Å². The van der Waals surface area contributed by atoms with Gasteiger partial charge >= 0.3 is 0 Å². The molecular formula is C6H13IO. The quantitative estimate of drug-likeness (QED) is 0.577. The molecule has 8 heavy (non-hydrogen) atoms. The lowest BCUT2D eigenvalue weighted by Crippen LogP contribution is -2.16. The minimum absolute atomic E-state index is 0.0908. The van der Waals surface area contributed by atoms with Crippen molar-refractivity contribution in [1.29, 1.82) is 0 Å². The van der Waals surface area contributed by atoms with E-state index in [1.807, 2.05) is 6.92 Å². The number of hydrogen-bond donors (Lipinski definition) is 1. The zero-order chi connectivity index (χ0) is 6.57. The Balaban J connectivity index is 3.29. The number of rotatable bonds is 3. The van der Waals surface area contributed by atoms with Crippen LogP contribution in [0.1, 0.15) is 20.3 Å². The maximum Gasteiger partial charge on any atom is 0.0570 e. The highest BCUT2D eigenvalue weighted by molar-refractivity contribution is 14.1. The van der Waals surface area contributed by atoms with Crippen LogP contribution in [-0.4, -0.2) is 15.6 Å². The maximum absolute atomic E-state index is 9.12. The van der Waals surface area contributed by atoms with E-state index in [0.717, 1.165) is 10.8 Å². The van der Waals surface area contributed by atoms with Crippen molar-refractivity contribution >= 4 is 22.6 Å². The van der Waals surface area contributed by atoms with Crippen LogP contribution in [-0.2, 0) is 0 Å². The number of hydrogen-bond acceptors (Lipinski definition) is 1. The first kappa shape index (κ1) is 8.69. The SMILES string of the molecule is CC[C@H](O)[C@@H](C)CI. The summed E-state index contributed by atoms with van der Waals surface area (Å²) >= 11 is 2.29. The average Bonchev–Trinajstić information content (AvgIpc) is 1.84. The van der Waals surface area contributed by atoms with E-state index in [2.05, 4.69) is 29.5 Å². The lowest BCUT2D eigenvalue weighted by atomic mass is 10.1. The highest BCUT2D eigenvalue weighted by Crippen LogP contribution is 2.08. The van der Waals surface area contributed by atoms with Crippen LogP contribution in [0.5, 0.6) is 0 Å². The second kappa shape index (κ2) is 4.56. The smallest absolute Gasteiger partial charge is 0.0570 e. The van der Waals surface area contributed by atoms with Gasteiger partial charge in [0.05, 0.1) is 6.10 Å². The Kier molecular flexibility index (Phi) is 4.95. The van der Waals surface area contributed by atoms with Gasteiger partial charge in [0.15, 0.2) is 0 Å². The summed E-state index contributed by atoms with van der Waals surface area (Å²) in [6.07, 6.45) is 0.788. The Hall–Kier alpha value is 0.690. The summed E-state index contributed by atoms with van der Waals surface area (Å²) in [5.41, 5.74) is 0. The fourth-order valence-electron chi connectivity index (χ4n) is 0.505. The summed E-state index contributed by atoms with van der Waals surface area (Å²) in [5, 5.41) is 9.12. The van der Waals surface area contributed by atoms with Crippen molar-refractivity contribution in [3.63, 3.8) is 0 Å². The van der Waals surface area contributed by atoms with E-state index in [1.165, 1.54) is 0 Å². The minimum Gasteiger partial charge on any atom is -0.393 e. The Morgan fingerprint density at radius 2 is 2.12 bits per heavy atom. The first-order valence-electron chi connectivity index (χ1n) is 2.96. The van der Waals surface area contributed by atoms with Gasteiger partial charge in [0, 0.05) is 4.43 Å². The monoisotopic (exact) mass is 228 g/mol. The number of alkyl halides is 1. The molecule has 0 saturated heterocycles. The molecule has 0 amide bonds. The van der Waals surface area contributed by atoms with E-state index in [1.54, 1.807) is 0 Å². The molecule has 0 bridgehead atoms. The highest BCUT2D eigenvalue weighted by Gasteiger charge is 2.08. The van der Waals surface area contributed by atoms with Gasteiger partial charge in [0.25, 0.3) is 0 Å². The van der Waals surface area contributed by atoms with Crippen LogP contribution in [0.15, 0.2) is 0 Å². The number of aliphatic hydroxyl groups is 1. The normalized spacial score (nSPS) is 18.0. The van der Waals surface area contributed by atoms with Gasteiger partial charge in [0.2, 0.25) is 0 Å². The molecule has 0 aliphatic rings. The average molecular weight is 228 g/mol. The van der Waals surface area contributed by atoms with Gasteiger partial charge in [-0.3, -0.25) is 0 Å². The predicted molar refractivity (Wildman–Crippen MR) is 44.3 cm³/mol. The third-order valence-corrected chi connectivity index (χ3v) is 2.71. The summed E-state index contributed by atoms with van der Waals surface area (Å²) in [7, 11) is 0. The first-order chi connectivity index (χ1) is 3.72. The molecule has 0 aliphatic heterocycles. The molecule has 2 atom stereocenters. The fraction of sp³-hybridized carbons (Fsp3) is 1.00. The summed E-state index contributed by atoms with van der Waals surface area (Å²) < 4.78 is 1.05. The molecular weight excluding hydrogens is 215 g/mol. The molecule has 0 aromatic carbocycles. The summed E-state index contributed by atoms with van der Waals surface area (Å²) in [4.78, 5) is 0. The van der Waals surface area contributed by atoms with Crippen molar-refractivity contribution in [3.05, 3.63) is 0 Å². The molecule has 0 rings (SSSR count). The number of halogens is 1. The molecule has 1 nitrogen and oxygen atoms in total. The largest absolute Gasteiger partial charge is 0.393 e. The molecule has 0 heterocycles. The summed E-state index contributed by atoms with van der Waals surface area (Å²) in [6, 6.07) is 0. The topological polar surface area (TPSA) is 20.2 Å². The Morgan fingerprint density at radius 3 is 2.25 bits per heavy atom. The van der Waals surface area contributed by atoms with E-state index >= 15 is 0 Å². The third-order valence-electron chi connectivity index (χ3n) is 1.32. The van der Waals surface area contributed by atoms with Crippen LogP contribution in [0, 0.1) is 5.92 Å². The Bertz CT molecular complexity index is 48.5. The van der Waals surface area contributed by atoms with Crippen LogP contribution >= 0.6 is 22.6 Å². The second-order valence-corrected chi connectivity index (χ2v) is 2.99. The first-order valence-corrected chi connectivity index (χ1v) is 4.49. The van der Waals surface area contributed by atoms with Gasteiger partial charge in [-0.25, -0.2) is 0 Å². The zero-order valence-corrected chi connectivity index (χ0v) is 7.55. The molecule has 0 aromatic rings. The molecule has 0 aliphatic carbocycles. The van der Waals surface area contributed by atoms with Gasteiger partial charge in [-0.15, -0.1) is 0 Å².